The first-order chi connectivity index (χ1) is 8.37. The molecule has 1 rings (SSSR count). The molecule has 2 nitrogen and oxygen atoms in total. The lowest BCUT2D eigenvalue weighted by atomic mass is 10.0. The van der Waals surface area contributed by atoms with Gasteiger partial charge in [0.1, 0.15) is 0 Å². The number of nitrogens with zero attached hydrogens (tertiary/aromatic N) is 1. The number of alkyl halides is 3. The lowest BCUT2D eigenvalue weighted by Crippen LogP contribution is -2.47. The molecule has 1 aliphatic rings. The van der Waals surface area contributed by atoms with Crippen LogP contribution in [-0.4, -0.2) is 42.8 Å². The van der Waals surface area contributed by atoms with Crippen LogP contribution in [0.3, 0.4) is 0 Å². The Morgan fingerprint density at radius 2 is 2.00 bits per heavy atom. The fraction of sp³-hybridized carbons (Fsp3) is 1.00. The van der Waals surface area contributed by atoms with E-state index in [2.05, 4.69) is 24.1 Å². The molecular formula is C13H25F3N2. The van der Waals surface area contributed by atoms with Crippen LogP contribution in [0.15, 0.2) is 0 Å². The second-order valence-electron chi connectivity index (χ2n) is 5.53. The summed E-state index contributed by atoms with van der Waals surface area (Å²) in [6.45, 7) is 7.06. The lowest BCUT2D eigenvalue weighted by molar-refractivity contribution is -0.135. The van der Waals surface area contributed by atoms with Crippen LogP contribution in [0.4, 0.5) is 13.2 Å². The van der Waals surface area contributed by atoms with Gasteiger partial charge in [-0.2, -0.15) is 13.2 Å². The van der Waals surface area contributed by atoms with Gasteiger partial charge in [0.25, 0.3) is 0 Å². The maximum absolute atomic E-state index is 12.0. The Morgan fingerprint density at radius 3 is 2.61 bits per heavy atom. The average molecular weight is 266 g/mol. The van der Waals surface area contributed by atoms with Crippen molar-refractivity contribution in [3.8, 4) is 0 Å². The fourth-order valence-corrected chi connectivity index (χ4v) is 2.53. The van der Waals surface area contributed by atoms with Crippen molar-refractivity contribution >= 4 is 0 Å². The van der Waals surface area contributed by atoms with Crippen molar-refractivity contribution in [1.29, 1.82) is 0 Å². The minimum absolute atomic E-state index is 0.252. The second-order valence-corrected chi connectivity index (χ2v) is 5.53. The molecule has 0 aromatic rings. The normalized spacial score (nSPS) is 22.7. The molecule has 1 saturated heterocycles. The molecule has 0 bridgehead atoms. The van der Waals surface area contributed by atoms with Crippen LogP contribution in [0.25, 0.3) is 0 Å². The summed E-state index contributed by atoms with van der Waals surface area (Å²) in [7, 11) is 0. The van der Waals surface area contributed by atoms with Crippen molar-refractivity contribution in [3.05, 3.63) is 0 Å². The van der Waals surface area contributed by atoms with Gasteiger partial charge in [-0.25, -0.2) is 0 Å². The highest BCUT2D eigenvalue weighted by atomic mass is 19.4. The first kappa shape index (κ1) is 15.8. The number of likely N-dealkylation sites (tertiary alicyclic amines) is 1. The van der Waals surface area contributed by atoms with Gasteiger partial charge in [-0.3, -0.25) is 0 Å². The van der Waals surface area contributed by atoms with Gasteiger partial charge in [-0.05, 0) is 38.8 Å². The summed E-state index contributed by atoms with van der Waals surface area (Å²) in [5, 5.41) is 3.50. The highest BCUT2D eigenvalue weighted by Crippen LogP contribution is 2.22. The monoisotopic (exact) mass is 266 g/mol. The molecule has 1 fully saturated rings. The van der Waals surface area contributed by atoms with Crippen LogP contribution in [0, 0.1) is 0 Å². The topological polar surface area (TPSA) is 15.3 Å². The molecule has 5 heteroatoms. The molecule has 1 N–H and O–H groups in total. The summed E-state index contributed by atoms with van der Waals surface area (Å²) in [5.74, 6) is 0. The summed E-state index contributed by atoms with van der Waals surface area (Å²) in [6.07, 6.45) is -1.42. The van der Waals surface area contributed by atoms with E-state index < -0.39 is 12.6 Å². The van der Waals surface area contributed by atoms with Crippen molar-refractivity contribution in [2.75, 3.05) is 19.6 Å². The Morgan fingerprint density at radius 1 is 1.28 bits per heavy atom. The molecule has 108 valence electrons. The van der Waals surface area contributed by atoms with Gasteiger partial charge in [-0.15, -0.1) is 0 Å². The van der Waals surface area contributed by atoms with Gasteiger partial charge in [-0.1, -0.05) is 13.8 Å². The smallest absolute Gasteiger partial charge is 0.311 e. The van der Waals surface area contributed by atoms with Crippen molar-refractivity contribution in [1.82, 2.24) is 10.2 Å². The fourth-order valence-electron chi connectivity index (χ4n) is 2.53. The van der Waals surface area contributed by atoms with Crippen LogP contribution in [-0.2, 0) is 0 Å². The number of hydrogen-bond acceptors (Lipinski definition) is 2. The van der Waals surface area contributed by atoms with Crippen LogP contribution < -0.4 is 5.32 Å². The molecule has 1 atom stereocenters. The maximum Gasteiger partial charge on any atom is 0.389 e. The molecule has 0 spiro atoms. The van der Waals surface area contributed by atoms with E-state index in [9.17, 15) is 13.2 Å². The Balaban J connectivity index is 2.14. The van der Waals surface area contributed by atoms with Crippen molar-refractivity contribution in [2.24, 2.45) is 0 Å². The van der Waals surface area contributed by atoms with Crippen LogP contribution in [0.5, 0.6) is 0 Å². The van der Waals surface area contributed by atoms with Crippen molar-refractivity contribution in [2.45, 2.75) is 64.2 Å². The molecule has 1 heterocycles. The van der Waals surface area contributed by atoms with E-state index in [1.54, 1.807) is 0 Å². The second kappa shape index (κ2) is 7.34. The first-order valence-corrected chi connectivity index (χ1v) is 6.92. The summed E-state index contributed by atoms with van der Waals surface area (Å²) in [5.41, 5.74) is 0. The number of nitrogens with one attached hydrogen (secondary N) is 1. The quantitative estimate of drug-likeness (QED) is 0.743. The summed E-state index contributed by atoms with van der Waals surface area (Å²) in [4.78, 5) is 2.29. The Bertz CT molecular complexity index is 229. The third-order valence-electron chi connectivity index (χ3n) is 3.26. The summed E-state index contributed by atoms with van der Waals surface area (Å²) < 4.78 is 36.0. The Labute approximate surface area is 108 Å². The van der Waals surface area contributed by atoms with E-state index in [1.807, 2.05) is 0 Å². The van der Waals surface area contributed by atoms with Gasteiger partial charge in [0.2, 0.25) is 0 Å². The van der Waals surface area contributed by atoms with E-state index in [0.717, 1.165) is 26.1 Å². The van der Waals surface area contributed by atoms with E-state index in [0.29, 0.717) is 18.5 Å². The van der Waals surface area contributed by atoms with E-state index in [1.165, 1.54) is 6.42 Å². The SMILES string of the molecule is CC(C)NC1CCCN(CCCCC(F)(F)F)C1. The average Bonchev–Trinajstić information content (AvgIpc) is 2.23. The van der Waals surface area contributed by atoms with Gasteiger partial charge in [0.15, 0.2) is 0 Å². The summed E-state index contributed by atoms with van der Waals surface area (Å²) >= 11 is 0. The maximum atomic E-state index is 12.0. The molecule has 0 saturated carbocycles. The van der Waals surface area contributed by atoms with E-state index >= 15 is 0 Å². The van der Waals surface area contributed by atoms with Crippen LogP contribution >= 0.6 is 0 Å². The zero-order valence-electron chi connectivity index (χ0n) is 11.4. The molecule has 0 radical (unpaired) electrons. The predicted octanol–water partition coefficient (Wildman–Crippen LogP) is 3.18. The zero-order chi connectivity index (χ0) is 13.6. The number of unbranched alkanes of at least 4 members (excludes halogenated alkanes) is 1. The van der Waals surface area contributed by atoms with Crippen molar-refractivity contribution in [3.63, 3.8) is 0 Å². The molecule has 0 aromatic carbocycles. The largest absolute Gasteiger partial charge is 0.389 e. The summed E-state index contributed by atoms with van der Waals surface area (Å²) in [6, 6.07) is 0.974. The minimum atomic E-state index is -4.00. The van der Waals surface area contributed by atoms with Gasteiger partial charge < -0.3 is 10.2 Å². The van der Waals surface area contributed by atoms with E-state index in [4.69, 9.17) is 0 Å². The van der Waals surface area contributed by atoms with Crippen molar-refractivity contribution < 1.29 is 13.2 Å². The molecule has 0 amide bonds. The third kappa shape index (κ3) is 7.21. The van der Waals surface area contributed by atoms with E-state index in [-0.39, 0.29) is 6.42 Å². The number of piperidine rings is 1. The Hall–Kier alpha value is -0.290. The van der Waals surface area contributed by atoms with Crippen LogP contribution in [0.1, 0.15) is 46.0 Å². The highest BCUT2D eigenvalue weighted by Gasteiger charge is 2.26. The van der Waals surface area contributed by atoms with Gasteiger partial charge in [0, 0.05) is 25.0 Å². The standard InChI is InChI=1S/C13H25F3N2/c1-11(2)17-12-6-5-9-18(10-12)8-4-3-7-13(14,15)16/h11-12,17H,3-10H2,1-2H3. The molecule has 0 aliphatic carbocycles. The van der Waals surface area contributed by atoms with Crippen LogP contribution in [0.2, 0.25) is 0 Å². The first-order valence-electron chi connectivity index (χ1n) is 6.92. The number of rotatable bonds is 6. The van der Waals surface area contributed by atoms with Gasteiger partial charge in [0.05, 0.1) is 0 Å². The Kier molecular flexibility index (Phi) is 6.43. The lowest BCUT2D eigenvalue weighted by Gasteiger charge is -2.34. The predicted molar refractivity (Wildman–Crippen MR) is 67.6 cm³/mol. The molecular weight excluding hydrogens is 241 g/mol. The zero-order valence-corrected chi connectivity index (χ0v) is 11.4. The number of halogens is 3. The molecule has 0 aromatic heterocycles. The number of hydrogen-bond donors (Lipinski definition) is 1. The highest BCUT2D eigenvalue weighted by molar-refractivity contribution is 4.79. The molecule has 1 aliphatic heterocycles. The third-order valence-corrected chi connectivity index (χ3v) is 3.26. The molecule has 1 unspecified atom stereocenters. The minimum Gasteiger partial charge on any atom is -0.311 e. The molecule has 18 heavy (non-hydrogen) atoms. The van der Waals surface area contributed by atoms with Gasteiger partial charge >= 0.3 is 6.18 Å².